The first-order valence-corrected chi connectivity index (χ1v) is 11.2. The summed E-state index contributed by atoms with van der Waals surface area (Å²) in [5.41, 5.74) is -2.12. The van der Waals surface area contributed by atoms with Gasteiger partial charge in [-0.15, -0.1) is 0 Å². The normalized spacial score (nSPS) is 15.1. The van der Waals surface area contributed by atoms with Gasteiger partial charge in [-0.1, -0.05) is 11.6 Å². The lowest BCUT2D eigenvalue weighted by Crippen LogP contribution is -2.36. The number of nitrogens with one attached hydrogen (secondary N) is 2. The zero-order chi connectivity index (χ0) is 26.4. The van der Waals surface area contributed by atoms with Crippen LogP contribution < -0.4 is 10.6 Å². The third-order valence-corrected chi connectivity index (χ3v) is 5.96. The Hall–Kier alpha value is -4.38. The lowest BCUT2D eigenvalue weighted by Gasteiger charge is -2.17. The van der Waals surface area contributed by atoms with Crippen molar-refractivity contribution < 1.29 is 18.0 Å². The summed E-state index contributed by atoms with van der Waals surface area (Å²) in [4.78, 5) is 32.9. The summed E-state index contributed by atoms with van der Waals surface area (Å²) < 4.78 is 42.0. The van der Waals surface area contributed by atoms with Gasteiger partial charge in [0.15, 0.2) is 11.6 Å². The molecule has 1 aliphatic carbocycles. The van der Waals surface area contributed by atoms with Crippen molar-refractivity contribution in [3.8, 4) is 11.9 Å². The molecule has 11 nitrogen and oxygen atoms in total. The SMILES string of the molecule is C[C@H](Nc1ncnc2c(C(F)(F)F)cc(Cl)cc12)c1ncnn1-c1cc(C(=O)NC2(C#N)CC2)ncn1. The lowest BCUT2D eigenvalue weighted by atomic mass is 10.1. The molecule has 1 amide bonds. The number of nitriles is 1. The Balaban J connectivity index is 1.45. The van der Waals surface area contributed by atoms with Crippen LogP contribution in [-0.2, 0) is 6.18 Å². The van der Waals surface area contributed by atoms with E-state index in [-0.39, 0.29) is 33.3 Å². The van der Waals surface area contributed by atoms with E-state index in [1.165, 1.54) is 29.5 Å². The zero-order valence-corrected chi connectivity index (χ0v) is 19.7. The first-order chi connectivity index (χ1) is 17.6. The van der Waals surface area contributed by atoms with Gasteiger partial charge in [0, 0.05) is 16.5 Å². The zero-order valence-electron chi connectivity index (χ0n) is 19.0. The van der Waals surface area contributed by atoms with Crippen LogP contribution in [0, 0.1) is 11.3 Å². The molecule has 1 atom stereocenters. The van der Waals surface area contributed by atoms with Crippen LogP contribution in [0.25, 0.3) is 16.7 Å². The molecular formula is C22H16ClF3N10O. The monoisotopic (exact) mass is 528 g/mol. The highest BCUT2D eigenvalue weighted by atomic mass is 35.5. The fraction of sp³-hybridized carbons (Fsp3) is 0.273. The maximum absolute atomic E-state index is 13.5. The first kappa shape index (κ1) is 24.3. The van der Waals surface area contributed by atoms with Crippen molar-refractivity contribution >= 4 is 34.2 Å². The summed E-state index contributed by atoms with van der Waals surface area (Å²) in [6.07, 6.45) is -0.0638. The Labute approximate surface area is 211 Å². The summed E-state index contributed by atoms with van der Waals surface area (Å²) in [6, 6.07) is 4.99. The van der Waals surface area contributed by atoms with Crippen LogP contribution in [0.4, 0.5) is 19.0 Å². The van der Waals surface area contributed by atoms with E-state index in [1.54, 1.807) is 6.92 Å². The highest BCUT2D eigenvalue weighted by Crippen LogP contribution is 2.38. The number of benzene rings is 1. The number of nitrogens with zero attached hydrogens (tertiary/aromatic N) is 8. The number of carbonyl (C=O) groups excluding carboxylic acids is 1. The summed E-state index contributed by atoms with van der Waals surface area (Å²) >= 11 is 5.96. The Morgan fingerprint density at radius 1 is 1.14 bits per heavy atom. The standard InChI is InChI=1S/C22H16ClF3N10O/c1-11(34-18-13-4-12(23)5-14(22(24,25)26)17(13)30-9-31-18)19-32-10-33-36(19)16-6-15(28-8-29-16)20(37)35-21(7-27)2-3-21/h4-6,8-11H,2-3H2,1H3,(H,35,37)(H,30,31,34)/t11-/m0/s1. The van der Waals surface area contributed by atoms with Gasteiger partial charge in [-0.3, -0.25) is 4.79 Å². The van der Waals surface area contributed by atoms with Crippen LogP contribution in [-0.4, -0.2) is 46.1 Å². The fourth-order valence-corrected chi connectivity index (χ4v) is 3.93. The molecule has 0 spiro atoms. The number of amides is 1. The molecule has 37 heavy (non-hydrogen) atoms. The highest BCUT2D eigenvalue weighted by molar-refractivity contribution is 6.31. The van der Waals surface area contributed by atoms with Gasteiger partial charge in [-0.2, -0.15) is 28.2 Å². The smallest absolute Gasteiger partial charge is 0.360 e. The van der Waals surface area contributed by atoms with E-state index in [1.807, 2.05) is 0 Å². The minimum atomic E-state index is -4.66. The number of fused-ring (bicyclic) bond motifs is 1. The minimum Gasteiger partial charge on any atom is -0.360 e. The second-order valence-corrected chi connectivity index (χ2v) is 8.81. The number of hydrogen-bond acceptors (Lipinski definition) is 9. The number of alkyl halides is 3. The second kappa shape index (κ2) is 8.93. The molecule has 1 aliphatic rings. The van der Waals surface area contributed by atoms with Crippen LogP contribution >= 0.6 is 11.6 Å². The van der Waals surface area contributed by atoms with Crippen molar-refractivity contribution in [2.75, 3.05) is 5.32 Å². The molecule has 0 saturated heterocycles. The Morgan fingerprint density at radius 2 is 1.89 bits per heavy atom. The summed E-state index contributed by atoms with van der Waals surface area (Å²) in [5.74, 6) is 0.123. The maximum atomic E-state index is 13.5. The van der Waals surface area contributed by atoms with E-state index in [0.29, 0.717) is 18.7 Å². The third-order valence-electron chi connectivity index (χ3n) is 5.74. The van der Waals surface area contributed by atoms with Gasteiger partial charge in [0.2, 0.25) is 0 Å². The fourth-order valence-electron chi connectivity index (χ4n) is 3.71. The topological polar surface area (TPSA) is 147 Å². The summed E-state index contributed by atoms with van der Waals surface area (Å²) in [5, 5.41) is 19.0. The van der Waals surface area contributed by atoms with Crippen LogP contribution in [0.15, 0.2) is 37.2 Å². The molecule has 3 aromatic heterocycles. The molecule has 1 aromatic carbocycles. The lowest BCUT2D eigenvalue weighted by molar-refractivity contribution is -0.136. The minimum absolute atomic E-state index is 0.0321. The number of rotatable bonds is 6. The van der Waals surface area contributed by atoms with Crippen molar-refractivity contribution in [2.45, 2.75) is 37.5 Å². The molecule has 15 heteroatoms. The number of aromatic nitrogens is 7. The highest BCUT2D eigenvalue weighted by Gasteiger charge is 2.45. The van der Waals surface area contributed by atoms with Gasteiger partial charge < -0.3 is 10.6 Å². The Kier molecular flexibility index (Phi) is 5.87. The molecule has 5 rings (SSSR count). The number of halogens is 4. The average molecular weight is 529 g/mol. The third kappa shape index (κ3) is 4.73. The second-order valence-electron chi connectivity index (χ2n) is 8.38. The van der Waals surface area contributed by atoms with Gasteiger partial charge in [0.05, 0.1) is 23.2 Å². The van der Waals surface area contributed by atoms with E-state index in [0.717, 1.165) is 12.4 Å². The van der Waals surface area contributed by atoms with E-state index < -0.39 is 29.2 Å². The first-order valence-electron chi connectivity index (χ1n) is 10.8. The molecule has 0 aliphatic heterocycles. The molecular weight excluding hydrogens is 513 g/mol. The van der Waals surface area contributed by atoms with E-state index >= 15 is 0 Å². The quantitative estimate of drug-likeness (QED) is 0.382. The van der Waals surface area contributed by atoms with E-state index in [9.17, 15) is 23.2 Å². The number of anilines is 1. The van der Waals surface area contributed by atoms with Crippen molar-refractivity contribution in [3.63, 3.8) is 0 Å². The molecule has 1 saturated carbocycles. The van der Waals surface area contributed by atoms with Gasteiger partial charge in [0.25, 0.3) is 5.91 Å². The Morgan fingerprint density at radius 3 is 2.59 bits per heavy atom. The molecule has 0 unspecified atom stereocenters. The van der Waals surface area contributed by atoms with Crippen molar-refractivity contribution in [1.82, 2.24) is 40.0 Å². The molecule has 0 radical (unpaired) electrons. The van der Waals surface area contributed by atoms with E-state index in [4.69, 9.17) is 11.6 Å². The van der Waals surface area contributed by atoms with Crippen LogP contribution in [0.1, 0.15) is 47.7 Å². The maximum Gasteiger partial charge on any atom is 0.418 e. The summed E-state index contributed by atoms with van der Waals surface area (Å²) in [6.45, 7) is 1.70. The summed E-state index contributed by atoms with van der Waals surface area (Å²) in [7, 11) is 0. The number of hydrogen-bond donors (Lipinski definition) is 2. The number of carbonyl (C=O) groups is 1. The van der Waals surface area contributed by atoms with Gasteiger partial charge in [-0.25, -0.2) is 24.9 Å². The molecule has 1 fully saturated rings. The van der Waals surface area contributed by atoms with Crippen LogP contribution in [0.2, 0.25) is 5.02 Å². The predicted octanol–water partition coefficient (Wildman–Crippen LogP) is 3.63. The van der Waals surface area contributed by atoms with Gasteiger partial charge in [-0.05, 0) is 31.9 Å². The van der Waals surface area contributed by atoms with Crippen LogP contribution in [0.3, 0.4) is 0 Å². The molecule has 3 heterocycles. The predicted molar refractivity (Wildman–Crippen MR) is 124 cm³/mol. The van der Waals surface area contributed by atoms with Crippen molar-refractivity contribution in [3.05, 3.63) is 59.3 Å². The Bertz CT molecular complexity index is 1560. The molecule has 0 bridgehead atoms. The largest absolute Gasteiger partial charge is 0.418 e. The molecule has 4 aromatic rings. The van der Waals surface area contributed by atoms with Crippen molar-refractivity contribution in [1.29, 1.82) is 5.26 Å². The molecule has 2 N–H and O–H groups in total. The average Bonchev–Trinajstić information content (AvgIpc) is 3.46. The van der Waals surface area contributed by atoms with Gasteiger partial charge >= 0.3 is 6.18 Å². The van der Waals surface area contributed by atoms with E-state index in [2.05, 4.69) is 46.7 Å². The molecule has 188 valence electrons. The van der Waals surface area contributed by atoms with Crippen molar-refractivity contribution in [2.24, 2.45) is 0 Å². The van der Waals surface area contributed by atoms with Gasteiger partial charge in [0.1, 0.15) is 36.0 Å². The van der Waals surface area contributed by atoms with Crippen LogP contribution in [0.5, 0.6) is 0 Å².